The fourth-order valence-corrected chi connectivity index (χ4v) is 3.44. The molecule has 0 spiro atoms. The summed E-state index contributed by atoms with van der Waals surface area (Å²) in [6, 6.07) is -6.42. The lowest BCUT2D eigenvalue weighted by molar-refractivity contribution is -0.141. The van der Waals surface area contributed by atoms with Crippen molar-refractivity contribution in [3.05, 3.63) is 5.82 Å². The third-order valence-electron chi connectivity index (χ3n) is 6.07. The van der Waals surface area contributed by atoms with Crippen LogP contribution in [0.2, 0.25) is 0 Å². The quantitative estimate of drug-likeness (QED) is 0.0863. The first-order chi connectivity index (χ1) is 19.1. The lowest BCUT2D eigenvalue weighted by atomic mass is 9.97. The molecule has 0 saturated heterocycles. The second-order valence-electron chi connectivity index (χ2n) is 9.58. The first-order valence-corrected chi connectivity index (χ1v) is 12.8. The number of nitrogens with one attached hydrogen (secondary N) is 6. The number of amides is 6. The number of primary amides is 1. The molecule has 0 aliphatic rings. The Morgan fingerprint density at radius 3 is 1.93 bits per heavy atom. The average molecular weight is 583 g/mol. The molecule has 0 aliphatic heterocycles. The number of aromatic nitrogens is 4. The Morgan fingerprint density at radius 1 is 0.854 bits per heavy atom. The van der Waals surface area contributed by atoms with Crippen molar-refractivity contribution in [2.24, 2.45) is 11.7 Å². The molecule has 6 amide bonds. The number of hydrogen-bond acceptors (Lipinski definition) is 11. The Kier molecular flexibility index (Phi) is 13.4. The van der Waals surface area contributed by atoms with Gasteiger partial charge in [0.25, 0.3) is 5.91 Å². The van der Waals surface area contributed by atoms with Gasteiger partial charge < -0.3 is 37.4 Å². The maximum Gasteiger partial charge on any atom is 0.290 e. The number of H-pyrrole nitrogens is 1. The van der Waals surface area contributed by atoms with Crippen LogP contribution < -0.4 is 32.3 Å². The van der Waals surface area contributed by atoms with E-state index in [0.29, 0.717) is 6.42 Å². The number of rotatable bonds is 16. The van der Waals surface area contributed by atoms with Crippen LogP contribution in [0.25, 0.3) is 0 Å². The number of nitrogens with zero attached hydrogens (tertiary/aromatic N) is 3. The SMILES string of the molecule is CC[C@H](C)[C@H](NC(C)=O)C(=O)N[C@H](C(=O)N[C@@H](C)C(=O)N[C@@H](C)C(=O)C(=O)N[C@@H](Cc1nn[nH]n1)C(N)=O)[C@@H](C)O. The summed E-state index contributed by atoms with van der Waals surface area (Å²) in [7, 11) is 0. The zero-order valence-corrected chi connectivity index (χ0v) is 23.7. The number of hydrogen-bond donors (Lipinski definition) is 8. The van der Waals surface area contributed by atoms with Gasteiger partial charge in [-0.25, -0.2) is 0 Å². The van der Waals surface area contributed by atoms with Gasteiger partial charge in [-0.3, -0.25) is 33.6 Å². The van der Waals surface area contributed by atoms with Crippen LogP contribution in [0.1, 0.15) is 53.8 Å². The highest BCUT2D eigenvalue weighted by Gasteiger charge is 2.34. The van der Waals surface area contributed by atoms with E-state index in [1.54, 1.807) is 6.92 Å². The highest BCUT2D eigenvalue weighted by Crippen LogP contribution is 2.09. The van der Waals surface area contributed by atoms with E-state index < -0.39 is 77.5 Å². The highest BCUT2D eigenvalue weighted by molar-refractivity contribution is 6.38. The van der Waals surface area contributed by atoms with Gasteiger partial charge in [0.05, 0.1) is 12.1 Å². The molecule has 9 N–H and O–H groups in total. The Balaban J connectivity index is 2.79. The molecule has 0 unspecified atom stereocenters. The molecule has 41 heavy (non-hydrogen) atoms. The minimum atomic E-state index is -1.48. The first-order valence-electron chi connectivity index (χ1n) is 12.8. The topological polar surface area (TPSA) is 280 Å². The Labute approximate surface area is 235 Å². The minimum absolute atomic E-state index is 0.0599. The smallest absolute Gasteiger partial charge is 0.290 e. The van der Waals surface area contributed by atoms with Crippen LogP contribution in [0, 0.1) is 5.92 Å². The van der Waals surface area contributed by atoms with Crippen molar-refractivity contribution in [2.75, 3.05) is 0 Å². The van der Waals surface area contributed by atoms with E-state index >= 15 is 0 Å². The van der Waals surface area contributed by atoms with Crippen LogP contribution in [-0.4, -0.2) is 103 Å². The van der Waals surface area contributed by atoms with Crippen molar-refractivity contribution in [1.82, 2.24) is 47.2 Å². The molecule has 0 aromatic carbocycles. The van der Waals surface area contributed by atoms with E-state index in [0.717, 1.165) is 0 Å². The molecule has 0 aliphatic carbocycles. The standard InChI is InChI=1S/C23H38N10O8/c1-7-9(2)16(27-13(6)35)21(39)29-17(12(5)34)22(40)26-11(4)20(38)25-10(3)18(36)23(41)28-14(19(24)37)8-15-30-32-33-31-15/h9-12,14,16-17,34H,7-8H2,1-6H3,(H2,24,37)(H,25,38)(H,26,40)(H,27,35)(H,28,41)(H,29,39)(H,30,31,32,33)/t9-,10-,11-,12+,14-,16-,17-/m0/s1. The molecule has 0 fully saturated rings. The molecule has 1 aromatic rings. The number of ketones is 1. The number of carbonyl (C=O) groups excluding carboxylic acids is 7. The van der Waals surface area contributed by atoms with Gasteiger partial charge in [-0.15, -0.1) is 10.2 Å². The van der Waals surface area contributed by atoms with Crippen molar-refractivity contribution in [3.63, 3.8) is 0 Å². The Hall–Kier alpha value is -4.48. The van der Waals surface area contributed by atoms with E-state index in [9.17, 15) is 38.7 Å². The Bertz CT molecular complexity index is 1110. The first kappa shape index (κ1) is 34.5. The van der Waals surface area contributed by atoms with Gasteiger partial charge in [-0.05, 0) is 26.7 Å². The van der Waals surface area contributed by atoms with E-state index in [1.165, 1.54) is 27.7 Å². The third kappa shape index (κ3) is 10.9. The second-order valence-corrected chi connectivity index (χ2v) is 9.58. The van der Waals surface area contributed by atoms with Gasteiger partial charge >= 0.3 is 0 Å². The summed E-state index contributed by atoms with van der Waals surface area (Å²) in [6.45, 7) is 8.52. The van der Waals surface area contributed by atoms with E-state index in [1.807, 2.05) is 6.92 Å². The highest BCUT2D eigenvalue weighted by atomic mass is 16.3. The molecular formula is C23H38N10O8. The summed E-state index contributed by atoms with van der Waals surface area (Å²) < 4.78 is 0. The van der Waals surface area contributed by atoms with Crippen molar-refractivity contribution < 1.29 is 38.7 Å². The van der Waals surface area contributed by atoms with Crippen LogP contribution in [0.3, 0.4) is 0 Å². The molecule has 0 saturated carbocycles. The fraction of sp³-hybridized carbons (Fsp3) is 0.652. The monoisotopic (exact) mass is 582 g/mol. The lowest BCUT2D eigenvalue weighted by Gasteiger charge is -2.28. The minimum Gasteiger partial charge on any atom is -0.391 e. The van der Waals surface area contributed by atoms with E-state index in [4.69, 9.17) is 5.73 Å². The largest absolute Gasteiger partial charge is 0.391 e. The van der Waals surface area contributed by atoms with E-state index in [2.05, 4.69) is 47.2 Å². The number of aliphatic hydroxyl groups is 1. The average Bonchev–Trinajstić information content (AvgIpc) is 3.41. The van der Waals surface area contributed by atoms with Gasteiger partial charge in [0.15, 0.2) is 5.82 Å². The number of Topliss-reactive ketones (excluding diaryl/α,β-unsaturated/α-hetero) is 1. The van der Waals surface area contributed by atoms with Crippen molar-refractivity contribution in [2.45, 2.75) is 90.7 Å². The lowest BCUT2D eigenvalue weighted by Crippen LogP contribution is -2.60. The predicted molar refractivity (Wildman–Crippen MR) is 140 cm³/mol. The maximum absolute atomic E-state index is 12.8. The van der Waals surface area contributed by atoms with Crippen molar-refractivity contribution in [1.29, 1.82) is 0 Å². The molecule has 1 aromatic heterocycles. The molecule has 18 nitrogen and oxygen atoms in total. The molecular weight excluding hydrogens is 544 g/mol. The fourth-order valence-electron chi connectivity index (χ4n) is 3.44. The number of carbonyl (C=O) groups is 7. The van der Waals surface area contributed by atoms with Crippen LogP contribution in [0.5, 0.6) is 0 Å². The van der Waals surface area contributed by atoms with Gasteiger partial charge in [-0.1, -0.05) is 25.5 Å². The molecule has 0 radical (unpaired) electrons. The predicted octanol–water partition coefficient (Wildman–Crippen LogP) is -4.29. The summed E-state index contributed by atoms with van der Waals surface area (Å²) in [5.41, 5.74) is 5.26. The van der Waals surface area contributed by atoms with Crippen LogP contribution >= 0.6 is 0 Å². The molecule has 18 heteroatoms. The maximum atomic E-state index is 12.8. The molecule has 1 heterocycles. The summed E-state index contributed by atoms with van der Waals surface area (Å²) in [5.74, 6) is -6.44. The zero-order chi connectivity index (χ0) is 31.4. The summed E-state index contributed by atoms with van der Waals surface area (Å²) in [5, 5.41) is 34.5. The van der Waals surface area contributed by atoms with Gasteiger partial charge in [0, 0.05) is 13.3 Å². The van der Waals surface area contributed by atoms with Gasteiger partial charge in [0.1, 0.15) is 24.2 Å². The normalized spacial score (nSPS) is 16.0. The molecule has 7 atom stereocenters. The van der Waals surface area contributed by atoms with Gasteiger partial charge in [-0.2, -0.15) is 5.21 Å². The zero-order valence-electron chi connectivity index (χ0n) is 23.7. The molecule has 1 rings (SSSR count). The number of aromatic amines is 1. The summed E-state index contributed by atoms with van der Waals surface area (Å²) >= 11 is 0. The summed E-state index contributed by atoms with van der Waals surface area (Å²) in [4.78, 5) is 86.3. The molecule has 228 valence electrons. The summed E-state index contributed by atoms with van der Waals surface area (Å²) in [6.07, 6.45) is -1.07. The molecule has 0 bridgehead atoms. The third-order valence-corrected chi connectivity index (χ3v) is 6.07. The van der Waals surface area contributed by atoms with Crippen LogP contribution in [-0.2, 0) is 40.0 Å². The second kappa shape index (κ2) is 15.9. The number of aliphatic hydroxyl groups excluding tert-OH is 1. The van der Waals surface area contributed by atoms with Gasteiger partial charge in [0.2, 0.25) is 35.3 Å². The van der Waals surface area contributed by atoms with Crippen LogP contribution in [0.4, 0.5) is 0 Å². The number of tetrazole rings is 1. The van der Waals surface area contributed by atoms with Crippen LogP contribution in [0.15, 0.2) is 0 Å². The number of nitrogens with two attached hydrogens (primary N) is 1. The van der Waals surface area contributed by atoms with Crippen molar-refractivity contribution in [3.8, 4) is 0 Å². The van der Waals surface area contributed by atoms with Crippen molar-refractivity contribution >= 4 is 41.2 Å². The van der Waals surface area contributed by atoms with E-state index in [-0.39, 0.29) is 18.2 Å². The Morgan fingerprint density at radius 2 is 1.44 bits per heavy atom.